The van der Waals surface area contributed by atoms with Crippen molar-refractivity contribution in [3.63, 3.8) is 0 Å². The van der Waals surface area contributed by atoms with E-state index in [1.807, 2.05) is 0 Å². The van der Waals surface area contributed by atoms with Crippen LogP contribution in [0.15, 0.2) is 0 Å². The number of halogens is 5. The molecular formula is C18H19ClF4N4O4S. The molecule has 1 unspecified atom stereocenters. The highest BCUT2D eigenvalue weighted by Crippen LogP contribution is 2.37. The number of thiophene rings is 1. The average Bonchev–Trinajstić information content (AvgIpc) is 3.22. The molecule has 0 saturated carbocycles. The maximum absolute atomic E-state index is 13.4. The van der Waals surface area contributed by atoms with E-state index in [0.717, 1.165) is 6.92 Å². The van der Waals surface area contributed by atoms with Crippen molar-refractivity contribution >= 4 is 45.7 Å². The third kappa shape index (κ3) is 5.04. The zero-order valence-electron chi connectivity index (χ0n) is 17.0. The number of amides is 2. The van der Waals surface area contributed by atoms with Gasteiger partial charge in [0.15, 0.2) is 0 Å². The molecule has 0 spiro atoms. The number of nitrogens with two attached hydrogens (primary N) is 1. The second kappa shape index (κ2) is 10.3. The predicted octanol–water partition coefficient (Wildman–Crippen LogP) is 4.65. The summed E-state index contributed by atoms with van der Waals surface area (Å²) in [7, 11) is 0. The first kappa shape index (κ1) is 25.6. The number of rotatable bonds is 9. The van der Waals surface area contributed by atoms with Crippen LogP contribution < -0.4 is 11.1 Å². The van der Waals surface area contributed by atoms with Crippen LogP contribution in [0.25, 0.3) is 0 Å². The quantitative estimate of drug-likeness (QED) is 0.385. The summed E-state index contributed by atoms with van der Waals surface area (Å²) < 4.78 is 58.4. The second-order valence-corrected chi connectivity index (χ2v) is 7.95. The van der Waals surface area contributed by atoms with Crippen LogP contribution in [0.1, 0.15) is 76.1 Å². The number of aromatic nitrogens is 2. The van der Waals surface area contributed by atoms with Crippen LogP contribution in [-0.4, -0.2) is 34.2 Å². The SMILES string of the molecule is CCCOC(=O)c1c(NC(=O)C(C)n2nc(C(F)F)c(Cl)c2C(F)F)sc(C(N)=O)c1C. The number of nitrogens with one attached hydrogen (secondary N) is 1. The van der Waals surface area contributed by atoms with Gasteiger partial charge in [0, 0.05) is 0 Å². The van der Waals surface area contributed by atoms with Gasteiger partial charge < -0.3 is 15.8 Å². The first-order chi connectivity index (χ1) is 14.9. The maximum Gasteiger partial charge on any atom is 0.341 e. The summed E-state index contributed by atoms with van der Waals surface area (Å²) in [6.45, 7) is 4.39. The fourth-order valence-corrected chi connectivity index (χ4v) is 4.09. The van der Waals surface area contributed by atoms with Gasteiger partial charge in [0.25, 0.3) is 18.8 Å². The highest BCUT2D eigenvalue weighted by molar-refractivity contribution is 7.18. The second-order valence-electron chi connectivity index (χ2n) is 6.56. The number of primary amides is 1. The Labute approximate surface area is 188 Å². The molecule has 0 saturated heterocycles. The average molecular weight is 499 g/mol. The number of hydrogen-bond acceptors (Lipinski definition) is 6. The molecule has 2 aromatic rings. The summed E-state index contributed by atoms with van der Waals surface area (Å²) in [5.74, 6) is -2.66. The van der Waals surface area contributed by atoms with Gasteiger partial charge in [-0.15, -0.1) is 11.3 Å². The van der Waals surface area contributed by atoms with Crippen molar-refractivity contribution in [1.29, 1.82) is 0 Å². The minimum Gasteiger partial charge on any atom is -0.462 e. The largest absolute Gasteiger partial charge is 0.462 e. The van der Waals surface area contributed by atoms with Crippen molar-refractivity contribution in [2.75, 3.05) is 11.9 Å². The topological polar surface area (TPSA) is 116 Å². The number of anilines is 1. The minimum atomic E-state index is -3.29. The van der Waals surface area contributed by atoms with Gasteiger partial charge in [0.1, 0.15) is 22.4 Å². The van der Waals surface area contributed by atoms with Gasteiger partial charge in [-0.1, -0.05) is 18.5 Å². The normalized spacial score (nSPS) is 12.3. The van der Waals surface area contributed by atoms with Gasteiger partial charge in [-0.3, -0.25) is 9.59 Å². The smallest absolute Gasteiger partial charge is 0.341 e. The van der Waals surface area contributed by atoms with Crippen molar-refractivity contribution < 1.29 is 36.7 Å². The number of carbonyl (C=O) groups excluding carboxylic acids is 3. The Bertz CT molecular complexity index is 1040. The molecule has 2 aromatic heterocycles. The molecule has 14 heteroatoms. The number of alkyl halides is 4. The molecule has 0 aliphatic rings. The van der Waals surface area contributed by atoms with E-state index in [2.05, 4.69) is 10.4 Å². The van der Waals surface area contributed by atoms with E-state index in [9.17, 15) is 31.9 Å². The van der Waals surface area contributed by atoms with Gasteiger partial charge in [0.2, 0.25) is 5.91 Å². The van der Waals surface area contributed by atoms with Crippen molar-refractivity contribution in [1.82, 2.24) is 9.78 Å². The van der Waals surface area contributed by atoms with E-state index in [-0.39, 0.29) is 27.6 Å². The Morgan fingerprint density at radius 3 is 2.38 bits per heavy atom. The highest BCUT2D eigenvalue weighted by Gasteiger charge is 2.33. The predicted molar refractivity (Wildman–Crippen MR) is 109 cm³/mol. The van der Waals surface area contributed by atoms with Crippen molar-refractivity contribution in [3.8, 4) is 0 Å². The molecule has 3 N–H and O–H groups in total. The van der Waals surface area contributed by atoms with Gasteiger partial charge in [-0.25, -0.2) is 27.0 Å². The Morgan fingerprint density at radius 2 is 1.88 bits per heavy atom. The third-order valence-corrected chi connectivity index (χ3v) is 5.93. The molecule has 2 heterocycles. The molecule has 0 aromatic carbocycles. The lowest BCUT2D eigenvalue weighted by Crippen LogP contribution is -2.26. The van der Waals surface area contributed by atoms with Crippen LogP contribution >= 0.6 is 22.9 Å². The summed E-state index contributed by atoms with van der Waals surface area (Å²) in [6, 6.07) is -1.53. The molecular weight excluding hydrogens is 480 g/mol. The molecule has 176 valence electrons. The van der Waals surface area contributed by atoms with Crippen LogP contribution in [0.5, 0.6) is 0 Å². The molecule has 1 atom stereocenters. The van der Waals surface area contributed by atoms with Crippen LogP contribution in [0.3, 0.4) is 0 Å². The molecule has 32 heavy (non-hydrogen) atoms. The minimum absolute atomic E-state index is 0.0215. The fraction of sp³-hybridized carbons (Fsp3) is 0.444. The lowest BCUT2D eigenvalue weighted by atomic mass is 10.1. The highest BCUT2D eigenvalue weighted by atomic mass is 35.5. The van der Waals surface area contributed by atoms with E-state index in [4.69, 9.17) is 22.1 Å². The molecule has 0 aliphatic carbocycles. The number of hydrogen-bond donors (Lipinski definition) is 2. The molecule has 0 radical (unpaired) electrons. The molecule has 0 aliphatic heterocycles. The van der Waals surface area contributed by atoms with Gasteiger partial charge >= 0.3 is 5.97 Å². The van der Waals surface area contributed by atoms with Crippen LogP contribution in [0.2, 0.25) is 5.02 Å². The van der Waals surface area contributed by atoms with Crippen molar-refractivity contribution in [3.05, 3.63) is 32.4 Å². The number of carbonyl (C=O) groups is 3. The number of esters is 1. The molecule has 2 amide bonds. The van der Waals surface area contributed by atoms with Crippen molar-refractivity contribution in [2.24, 2.45) is 5.73 Å². The van der Waals surface area contributed by atoms with Gasteiger partial charge in [-0.05, 0) is 25.8 Å². The van der Waals surface area contributed by atoms with Crippen LogP contribution in [0.4, 0.5) is 22.6 Å². The zero-order chi connectivity index (χ0) is 24.3. The molecule has 0 bridgehead atoms. The van der Waals surface area contributed by atoms with Gasteiger partial charge in [0.05, 0.1) is 22.1 Å². The van der Waals surface area contributed by atoms with E-state index < -0.39 is 53.1 Å². The maximum atomic E-state index is 13.4. The standard InChI is InChI=1S/C18H19ClF4N4O4S/c1-4-5-31-18(30)8-6(2)12(15(24)28)32-17(8)25-16(29)7(3)27-11(14(22)23)9(19)10(26-27)13(20)21/h7,13-14H,4-5H2,1-3H3,(H2,24,28)(H,25,29). The first-order valence-corrected chi connectivity index (χ1v) is 10.4. The Kier molecular flexibility index (Phi) is 8.24. The summed E-state index contributed by atoms with van der Waals surface area (Å²) in [5.41, 5.74) is 3.21. The monoisotopic (exact) mass is 498 g/mol. The molecule has 8 nitrogen and oxygen atoms in total. The Balaban J connectivity index is 2.45. The van der Waals surface area contributed by atoms with Crippen molar-refractivity contribution in [2.45, 2.75) is 46.1 Å². The summed E-state index contributed by atoms with van der Waals surface area (Å²) in [4.78, 5) is 36.8. The first-order valence-electron chi connectivity index (χ1n) is 9.17. The van der Waals surface area contributed by atoms with Crippen LogP contribution in [0, 0.1) is 6.92 Å². The lowest BCUT2D eigenvalue weighted by molar-refractivity contribution is -0.119. The molecule has 0 fully saturated rings. The summed E-state index contributed by atoms with van der Waals surface area (Å²) in [6.07, 6.45) is -6.02. The fourth-order valence-electron chi connectivity index (χ4n) is 2.75. The van der Waals surface area contributed by atoms with E-state index in [0.29, 0.717) is 22.4 Å². The van der Waals surface area contributed by atoms with Gasteiger partial charge in [-0.2, -0.15) is 5.10 Å². The number of nitrogens with zero attached hydrogens (tertiary/aromatic N) is 2. The number of ether oxygens (including phenoxy) is 1. The molecule has 2 rings (SSSR count). The Hall–Kier alpha value is -2.67. The van der Waals surface area contributed by atoms with E-state index >= 15 is 0 Å². The zero-order valence-corrected chi connectivity index (χ0v) is 18.6. The summed E-state index contributed by atoms with van der Waals surface area (Å²) >= 11 is 6.31. The Morgan fingerprint density at radius 1 is 1.25 bits per heavy atom. The van der Waals surface area contributed by atoms with E-state index in [1.54, 1.807) is 6.92 Å². The third-order valence-electron chi connectivity index (χ3n) is 4.32. The summed E-state index contributed by atoms with van der Waals surface area (Å²) in [5, 5.41) is 4.66. The van der Waals surface area contributed by atoms with E-state index in [1.165, 1.54) is 6.92 Å². The lowest BCUT2D eigenvalue weighted by Gasteiger charge is -2.15. The van der Waals surface area contributed by atoms with Crippen LogP contribution in [-0.2, 0) is 9.53 Å².